The van der Waals surface area contributed by atoms with Gasteiger partial charge in [0.2, 0.25) is 11.8 Å². The number of carbonyl (C=O) groups excluding carboxylic acids is 2. The third-order valence-electron chi connectivity index (χ3n) is 9.12. The van der Waals surface area contributed by atoms with Crippen LogP contribution in [0.5, 0.6) is 5.75 Å². The minimum atomic E-state index is -0.704. The molecule has 47 heavy (non-hydrogen) atoms. The van der Waals surface area contributed by atoms with Crippen molar-refractivity contribution in [3.63, 3.8) is 0 Å². The number of ether oxygens (including phenoxy) is 2. The molecule has 2 heterocycles. The lowest BCUT2D eigenvalue weighted by molar-refractivity contribution is -0.144. The van der Waals surface area contributed by atoms with Gasteiger partial charge in [-0.25, -0.2) is 0 Å². The summed E-state index contributed by atoms with van der Waals surface area (Å²) in [5.41, 5.74) is 1.93. The number of rotatable bonds is 11. The highest BCUT2D eigenvalue weighted by atomic mass is 35.5. The van der Waals surface area contributed by atoms with E-state index in [-0.39, 0.29) is 42.3 Å². The number of hydrogen-bond donors (Lipinski definition) is 1. The summed E-state index contributed by atoms with van der Waals surface area (Å²) in [6.45, 7) is 9.58. The molecule has 5 rings (SSSR count). The maximum absolute atomic E-state index is 13.7. The van der Waals surface area contributed by atoms with Gasteiger partial charge in [0.05, 0.1) is 41.3 Å². The maximum atomic E-state index is 13.7. The van der Waals surface area contributed by atoms with Crippen LogP contribution in [0, 0.1) is 0 Å². The van der Waals surface area contributed by atoms with Crippen molar-refractivity contribution < 1.29 is 19.1 Å². The lowest BCUT2D eigenvalue weighted by Gasteiger charge is -2.45. The number of likely N-dealkylation sites (tertiary alicyclic amines) is 2. The highest BCUT2D eigenvalue weighted by Gasteiger charge is 2.41. The molecule has 0 aromatic heterocycles. The van der Waals surface area contributed by atoms with E-state index in [1.54, 1.807) is 13.0 Å². The summed E-state index contributed by atoms with van der Waals surface area (Å²) in [5, 5.41) is 4.22. The van der Waals surface area contributed by atoms with Crippen LogP contribution in [0.15, 0.2) is 72.8 Å². The highest BCUT2D eigenvalue weighted by Crippen LogP contribution is 2.39. The SMILES string of the molecule is CC(=O)NC1(c2ccccc2)CCN(CCOC2(c3ccc(Cl)c(Cl)c3)CCCN(C(=O)Cc3cccc(OC(C)C)c3)C2)CC1.Cl. The van der Waals surface area contributed by atoms with Gasteiger partial charge in [-0.2, -0.15) is 0 Å². The van der Waals surface area contributed by atoms with Crippen molar-refractivity contribution in [3.05, 3.63) is 99.5 Å². The molecule has 2 aliphatic heterocycles. The average molecular weight is 703 g/mol. The van der Waals surface area contributed by atoms with E-state index in [1.807, 2.05) is 73.3 Å². The van der Waals surface area contributed by atoms with E-state index < -0.39 is 5.60 Å². The molecule has 254 valence electrons. The zero-order chi connectivity index (χ0) is 32.7. The average Bonchev–Trinajstić information content (AvgIpc) is 3.03. The molecule has 0 saturated carbocycles. The van der Waals surface area contributed by atoms with Gasteiger partial charge in [0.25, 0.3) is 0 Å². The molecule has 1 unspecified atom stereocenters. The van der Waals surface area contributed by atoms with Crippen LogP contribution in [0.4, 0.5) is 0 Å². The van der Waals surface area contributed by atoms with E-state index in [0.717, 1.165) is 67.8 Å². The minimum Gasteiger partial charge on any atom is -0.491 e. The molecule has 2 aliphatic rings. The fourth-order valence-electron chi connectivity index (χ4n) is 6.85. The van der Waals surface area contributed by atoms with E-state index in [4.69, 9.17) is 32.7 Å². The summed E-state index contributed by atoms with van der Waals surface area (Å²) in [7, 11) is 0. The molecule has 2 fully saturated rings. The largest absolute Gasteiger partial charge is 0.491 e. The van der Waals surface area contributed by atoms with Gasteiger partial charge in [-0.3, -0.25) is 9.59 Å². The predicted octanol–water partition coefficient (Wildman–Crippen LogP) is 7.41. The lowest BCUT2D eigenvalue weighted by Crippen LogP contribution is -2.53. The Hall–Kier alpha value is -2.81. The van der Waals surface area contributed by atoms with Crippen molar-refractivity contribution in [1.29, 1.82) is 0 Å². The fourth-order valence-corrected chi connectivity index (χ4v) is 7.14. The standard InChI is InChI=1S/C37H45Cl2N3O4.ClH/c1-27(2)46-32-12-7-9-29(23-32)24-35(44)42-18-8-15-37(26-42,31-13-14-33(38)34(39)25-31)45-22-21-41-19-16-36(17-20-41,40-28(3)43)30-10-5-4-6-11-30;/h4-7,9-14,23,25,27H,8,15-22,24,26H2,1-3H3,(H,40,43);1H. The van der Waals surface area contributed by atoms with E-state index in [9.17, 15) is 9.59 Å². The van der Waals surface area contributed by atoms with Gasteiger partial charge in [-0.05, 0) is 80.5 Å². The fraction of sp³-hybridized carbons (Fsp3) is 0.459. The van der Waals surface area contributed by atoms with Crippen molar-refractivity contribution >= 4 is 47.4 Å². The molecule has 3 aromatic rings. The summed E-state index contributed by atoms with van der Waals surface area (Å²) in [6, 6.07) is 23.7. The van der Waals surface area contributed by atoms with Crippen molar-refractivity contribution in [3.8, 4) is 5.75 Å². The molecule has 1 atom stereocenters. The third-order valence-corrected chi connectivity index (χ3v) is 9.86. The number of nitrogens with one attached hydrogen (secondary N) is 1. The van der Waals surface area contributed by atoms with Crippen LogP contribution in [0.3, 0.4) is 0 Å². The number of halogens is 3. The Balaban J connectivity index is 0.00000500. The molecule has 0 bridgehead atoms. The van der Waals surface area contributed by atoms with Crippen molar-refractivity contribution in [1.82, 2.24) is 15.1 Å². The third kappa shape index (κ3) is 9.42. The first-order chi connectivity index (χ1) is 22.1. The van der Waals surface area contributed by atoms with Crippen LogP contribution in [0.1, 0.15) is 63.1 Å². The molecule has 7 nitrogen and oxygen atoms in total. The van der Waals surface area contributed by atoms with Gasteiger partial charge in [-0.15, -0.1) is 12.4 Å². The quantitative estimate of drug-likeness (QED) is 0.226. The van der Waals surface area contributed by atoms with Crippen LogP contribution in [-0.4, -0.2) is 67.0 Å². The molecule has 2 amide bonds. The second-order valence-corrected chi connectivity index (χ2v) is 13.7. The van der Waals surface area contributed by atoms with Gasteiger partial charge in [0.15, 0.2) is 0 Å². The predicted molar refractivity (Wildman–Crippen MR) is 191 cm³/mol. The summed E-state index contributed by atoms with van der Waals surface area (Å²) in [4.78, 5) is 30.1. The zero-order valence-electron chi connectivity index (χ0n) is 27.5. The first kappa shape index (κ1) is 37.0. The van der Waals surface area contributed by atoms with E-state index >= 15 is 0 Å². The van der Waals surface area contributed by atoms with Crippen LogP contribution in [0.2, 0.25) is 10.0 Å². The Morgan fingerprint density at radius 2 is 1.64 bits per heavy atom. The minimum absolute atomic E-state index is 0. The highest BCUT2D eigenvalue weighted by molar-refractivity contribution is 6.42. The summed E-state index contributed by atoms with van der Waals surface area (Å²) < 4.78 is 12.7. The molecule has 10 heteroatoms. The summed E-state index contributed by atoms with van der Waals surface area (Å²) >= 11 is 12.8. The second kappa shape index (κ2) is 16.5. The van der Waals surface area contributed by atoms with Crippen LogP contribution in [0.25, 0.3) is 0 Å². The van der Waals surface area contributed by atoms with Crippen LogP contribution >= 0.6 is 35.6 Å². The normalized spacial score (nSPS) is 19.6. The number of piperidine rings is 2. The number of amides is 2. The first-order valence-electron chi connectivity index (χ1n) is 16.3. The molecule has 2 saturated heterocycles. The van der Waals surface area contributed by atoms with E-state index in [1.165, 1.54) is 0 Å². The topological polar surface area (TPSA) is 71.1 Å². The van der Waals surface area contributed by atoms with Crippen LogP contribution < -0.4 is 10.1 Å². The number of carbonyl (C=O) groups is 2. The van der Waals surface area contributed by atoms with Crippen molar-refractivity contribution in [2.24, 2.45) is 0 Å². The lowest BCUT2D eigenvalue weighted by atomic mass is 9.80. The molecular formula is C37H46Cl3N3O4. The smallest absolute Gasteiger partial charge is 0.227 e. The Morgan fingerprint density at radius 1 is 0.894 bits per heavy atom. The molecular weight excluding hydrogens is 657 g/mol. The Morgan fingerprint density at radius 3 is 2.32 bits per heavy atom. The number of hydrogen-bond acceptors (Lipinski definition) is 5. The van der Waals surface area contributed by atoms with E-state index in [0.29, 0.717) is 29.7 Å². The van der Waals surface area contributed by atoms with Crippen molar-refractivity contribution in [2.45, 2.75) is 70.1 Å². The Kier molecular flexibility index (Phi) is 13.0. The van der Waals surface area contributed by atoms with Crippen molar-refractivity contribution in [2.75, 3.05) is 39.3 Å². The molecule has 1 N–H and O–H groups in total. The molecule has 3 aromatic carbocycles. The first-order valence-corrected chi connectivity index (χ1v) is 17.0. The summed E-state index contributed by atoms with van der Waals surface area (Å²) in [5.74, 6) is 0.807. The van der Waals surface area contributed by atoms with Gasteiger partial charge in [0.1, 0.15) is 11.4 Å². The monoisotopic (exact) mass is 701 g/mol. The molecule has 0 radical (unpaired) electrons. The maximum Gasteiger partial charge on any atom is 0.227 e. The number of nitrogens with zero attached hydrogens (tertiary/aromatic N) is 2. The number of benzene rings is 3. The Labute approximate surface area is 295 Å². The van der Waals surface area contributed by atoms with Gasteiger partial charge in [-0.1, -0.05) is 71.7 Å². The molecule has 0 spiro atoms. The van der Waals surface area contributed by atoms with Gasteiger partial charge in [0, 0.05) is 33.1 Å². The van der Waals surface area contributed by atoms with E-state index in [2.05, 4.69) is 22.3 Å². The van der Waals surface area contributed by atoms with Crippen LogP contribution in [-0.2, 0) is 31.9 Å². The Bertz CT molecular complexity index is 1500. The summed E-state index contributed by atoms with van der Waals surface area (Å²) in [6.07, 6.45) is 3.57. The second-order valence-electron chi connectivity index (χ2n) is 12.9. The van der Waals surface area contributed by atoms with Gasteiger partial charge < -0.3 is 24.6 Å². The zero-order valence-corrected chi connectivity index (χ0v) is 29.8. The van der Waals surface area contributed by atoms with Gasteiger partial charge >= 0.3 is 0 Å². The molecule has 0 aliphatic carbocycles.